The Kier molecular flexibility index (Phi) is 6.25. The van der Waals surface area contributed by atoms with E-state index >= 15 is 0 Å². The Morgan fingerprint density at radius 1 is 1.24 bits per heavy atom. The van der Waals surface area contributed by atoms with E-state index < -0.39 is 0 Å². The third-order valence-corrected chi connectivity index (χ3v) is 2.37. The molecule has 2 N–H and O–H groups in total. The lowest BCUT2D eigenvalue weighted by molar-refractivity contribution is -0.115. The van der Waals surface area contributed by atoms with Gasteiger partial charge in [0.2, 0.25) is 5.91 Å². The van der Waals surface area contributed by atoms with Crippen LogP contribution in [0.3, 0.4) is 0 Å². The maximum absolute atomic E-state index is 12.6. The van der Waals surface area contributed by atoms with Gasteiger partial charge in [0.25, 0.3) is 0 Å². The summed E-state index contributed by atoms with van der Waals surface area (Å²) in [4.78, 5) is 11.5. The van der Waals surface area contributed by atoms with Gasteiger partial charge in [-0.25, -0.2) is 4.39 Å². The normalized spacial score (nSPS) is 10.2. The van der Waals surface area contributed by atoms with Crippen molar-refractivity contribution in [1.29, 1.82) is 0 Å². The quantitative estimate of drug-likeness (QED) is 0.717. The van der Waals surface area contributed by atoms with Crippen molar-refractivity contribution in [1.82, 2.24) is 5.32 Å². The number of amides is 1. The fourth-order valence-corrected chi connectivity index (χ4v) is 1.44. The molecule has 1 rings (SSSR count). The highest BCUT2D eigenvalue weighted by Gasteiger charge is 2.01. The summed E-state index contributed by atoms with van der Waals surface area (Å²) in [6, 6.07) is 5.74. The number of anilines is 1. The van der Waals surface area contributed by atoms with E-state index in [0.29, 0.717) is 12.2 Å². The van der Waals surface area contributed by atoms with Crippen LogP contribution in [0.15, 0.2) is 24.3 Å². The summed E-state index contributed by atoms with van der Waals surface area (Å²) < 4.78 is 12.6. The smallest absolute Gasteiger partial charge is 0.238 e. The molecule has 3 nitrogen and oxygen atoms in total. The Bertz CT molecular complexity index is 338. The summed E-state index contributed by atoms with van der Waals surface area (Å²) in [6.45, 7) is 3.28. The number of hydrogen-bond acceptors (Lipinski definition) is 2. The van der Waals surface area contributed by atoms with E-state index in [1.165, 1.54) is 25.0 Å². The van der Waals surface area contributed by atoms with Gasteiger partial charge in [-0.2, -0.15) is 0 Å². The molecule has 0 radical (unpaired) electrons. The predicted octanol–water partition coefficient (Wildman–Crippen LogP) is 2.54. The summed E-state index contributed by atoms with van der Waals surface area (Å²) in [5.74, 6) is -0.409. The van der Waals surface area contributed by atoms with E-state index in [1.54, 1.807) is 12.1 Å². The van der Waals surface area contributed by atoms with Crippen LogP contribution >= 0.6 is 0 Å². The zero-order valence-corrected chi connectivity index (χ0v) is 10.1. The van der Waals surface area contributed by atoms with Crippen molar-refractivity contribution < 1.29 is 9.18 Å². The van der Waals surface area contributed by atoms with Gasteiger partial charge < -0.3 is 10.6 Å². The fourth-order valence-electron chi connectivity index (χ4n) is 1.44. The molecule has 94 valence electrons. The average Bonchev–Trinajstić information content (AvgIpc) is 2.32. The molecule has 0 heterocycles. The van der Waals surface area contributed by atoms with Gasteiger partial charge in [0.1, 0.15) is 5.82 Å². The summed E-state index contributed by atoms with van der Waals surface area (Å²) in [5.41, 5.74) is 0.617. The zero-order chi connectivity index (χ0) is 12.5. The number of carbonyl (C=O) groups is 1. The number of hydrogen-bond donors (Lipinski definition) is 2. The molecule has 0 fully saturated rings. The molecule has 4 heteroatoms. The van der Waals surface area contributed by atoms with E-state index in [1.807, 2.05) is 0 Å². The van der Waals surface area contributed by atoms with Crippen LogP contribution in [0.1, 0.15) is 26.2 Å². The maximum atomic E-state index is 12.6. The van der Waals surface area contributed by atoms with Crippen LogP contribution in [0.2, 0.25) is 0 Å². The Hall–Kier alpha value is -1.42. The second-order valence-corrected chi connectivity index (χ2v) is 3.94. The summed E-state index contributed by atoms with van der Waals surface area (Å²) in [6.07, 6.45) is 3.43. The molecule has 0 aliphatic rings. The molecule has 0 aliphatic carbocycles. The van der Waals surface area contributed by atoms with Gasteiger partial charge >= 0.3 is 0 Å². The Morgan fingerprint density at radius 2 is 1.94 bits per heavy atom. The lowest BCUT2D eigenvalue weighted by atomic mass is 10.2. The largest absolute Gasteiger partial charge is 0.325 e. The molecular formula is C13H19FN2O. The van der Waals surface area contributed by atoms with Crippen LogP contribution in [-0.2, 0) is 4.79 Å². The Morgan fingerprint density at radius 3 is 2.59 bits per heavy atom. The van der Waals surface area contributed by atoms with Gasteiger partial charge in [0.15, 0.2) is 0 Å². The van der Waals surface area contributed by atoms with Gasteiger partial charge in [-0.15, -0.1) is 0 Å². The second-order valence-electron chi connectivity index (χ2n) is 3.94. The second kappa shape index (κ2) is 7.79. The van der Waals surface area contributed by atoms with Gasteiger partial charge in [-0.1, -0.05) is 19.8 Å². The molecule has 0 bridgehead atoms. The molecule has 1 aromatic carbocycles. The third kappa shape index (κ3) is 6.02. The monoisotopic (exact) mass is 238 g/mol. The van der Waals surface area contributed by atoms with Crippen LogP contribution < -0.4 is 10.6 Å². The minimum atomic E-state index is -0.305. The summed E-state index contributed by atoms with van der Waals surface area (Å²) in [5, 5.41) is 5.76. The van der Waals surface area contributed by atoms with Crippen molar-refractivity contribution in [2.24, 2.45) is 0 Å². The fraction of sp³-hybridized carbons (Fsp3) is 0.462. The SMILES string of the molecule is CCCCCNCC(=O)Nc1ccc(F)cc1. The van der Waals surface area contributed by atoms with Crippen LogP contribution in [0.4, 0.5) is 10.1 Å². The average molecular weight is 238 g/mol. The first-order chi connectivity index (χ1) is 8.22. The summed E-state index contributed by atoms with van der Waals surface area (Å²) in [7, 11) is 0. The van der Waals surface area contributed by atoms with E-state index in [2.05, 4.69) is 17.6 Å². The highest BCUT2D eigenvalue weighted by molar-refractivity contribution is 5.92. The van der Waals surface area contributed by atoms with E-state index in [9.17, 15) is 9.18 Å². The van der Waals surface area contributed by atoms with E-state index in [-0.39, 0.29) is 11.7 Å². The van der Waals surface area contributed by atoms with Gasteiger partial charge in [-0.3, -0.25) is 4.79 Å². The molecule has 0 saturated carbocycles. The molecule has 0 atom stereocenters. The number of rotatable bonds is 7. The zero-order valence-electron chi connectivity index (χ0n) is 10.1. The van der Waals surface area contributed by atoms with Gasteiger partial charge in [0.05, 0.1) is 6.54 Å². The Balaban J connectivity index is 2.18. The lowest BCUT2D eigenvalue weighted by Crippen LogP contribution is -2.28. The molecule has 0 unspecified atom stereocenters. The van der Waals surface area contributed by atoms with E-state index in [0.717, 1.165) is 13.0 Å². The van der Waals surface area contributed by atoms with Crippen molar-refractivity contribution in [2.75, 3.05) is 18.4 Å². The Labute approximate surface area is 101 Å². The number of benzene rings is 1. The molecule has 0 aliphatic heterocycles. The van der Waals surface area contributed by atoms with Crippen LogP contribution in [0.5, 0.6) is 0 Å². The van der Waals surface area contributed by atoms with Crippen molar-refractivity contribution >= 4 is 11.6 Å². The molecule has 1 amide bonds. The first-order valence-corrected chi connectivity index (χ1v) is 5.98. The minimum Gasteiger partial charge on any atom is -0.325 e. The number of unbranched alkanes of at least 4 members (excludes halogenated alkanes) is 2. The van der Waals surface area contributed by atoms with Crippen LogP contribution in [-0.4, -0.2) is 19.0 Å². The van der Waals surface area contributed by atoms with E-state index in [4.69, 9.17) is 0 Å². The first-order valence-electron chi connectivity index (χ1n) is 5.98. The molecule has 1 aromatic rings. The number of nitrogens with one attached hydrogen (secondary N) is 2. The third-order valence-electron chi connectivity index (χ3n) is 2.37. The molecule has 0 aromatic heterocycles. The number of halogens is 1. The number of carbonyl (C=O) groups excluding carboxylic acids is 1. The predicted molar refractivity (Wildman–Crippen MR) is 67.4 cm³/mol. The maximum Gasteiger partial charge on any atom is 0.238 e. The van der Waals surface area contributed by atoms with Crippen molar-refractivity contribution in [3.05, 3.63) is 30.1 Å². The molecule has 17 heavy (non-hydrogen) atoms. The molecule has 0 saturated heterocycles. The highest BCUT2D eigenvalue weighted by atomic mass is 19.1. The van der Waals surface area contributed by atoms with Crippen molar-refractivity contribution in [3.8, 4) is 0 Å². The molecular weight excluding hydrogens is 219 g/mol. The first kappa shape index (κ1) is 13.6. The van der Waals surface area contributed by atoms with Gasteiger partial charge in [0, 0.05) is 5.69 Å². The highest BCUT2D eigenvalue weighted by Crippen LogP contribution is 2.07. The summed E-state index contributed by atoms with van der Waals surface area (Å²) >= 11 is 0. The van der Waals surface area contributed by atoms with Crippen molar-refractivity contribution in [2.45, 2.75) is 26.2 Å². The van der Waals surface area contributed by atoms with Gasteiger partial charge in [-0.05, 0) is 37.2 Å². The standard InChI is InChI=1S/C13H19FN2O/c1-2-3-4-9-15-10-13(17)16-12-7-5-11(14)6-8-12/h5-8,15H,2-4,9-10H2,1H3,(H,16,17). The van der Waals surface area contributed by atoms with Crippen molar-refractivity contribution in [3.63, 3.8) is 0 Å². The van der Waals surface area contributed by atoms with Crippen LogP contribution in [0, 0.1) is 5.82 Å². The topological polar surface area (TPSA) is 41.1 Å². The minimum absolute atomic E-state index is 0.104. The molecule has 0 spiro atoms. The lowest BCUT2D eigenvalue weighted by Gasteiger charge is -2.06. The van der Waals surface area contributed by atoms with Crippen LogP contribution in [0.25, 0.3) is 0 Å².